The van der Waals surface area contributed by atoms with Gasteiger partial charge in [-0.25, -0.2) is 0 Å². The Kier molecular flexibility index (Phi) is 3.50. The molecule has 2 N–H and O–H groups in total. The molecule has 3 rings (SSSR count). The van der Waals surface area contributed by atoms with Crippen LogP contribution in [0, 0.1) is 5.92 Å². The molecule has 0 aromatic heterocycles. The minimum absolute atomic E-state index is 0.708. The highest BCUT2D eigenvalue weighted by atomic mass is 16.5. The number of hydrogen-bond acceptors (Lipinski definition) is 3. The summed E-state index contributed by atoms with van der Waals surface area (Å²) in [6.45, 7) is 0.766. The van der Waals surface area contributed by atoms with Gasteiger partial charge in [-0.3, -0.25) is 0 Å². The number of nitrogens with two attached hydrogens (primary N) is 1. The fourth-order valence-electron chi connectivity index (χ4n) is 2.20. The Bertz CT molecular complexity index is 588. The van der Waals surface area contributed by atoms with Gasteiger partial charge in [-0.05, 0) is 42.5 Å². The van der Waals surface area contributed by atoms with Crippen LogP contribution in [0.3, 0.4) is 0 Å². The lowest BCUT2D eigenvalue weighted by atomic mass is 10.0. The molecule has 104 valence electrons. The number of benzene rings is 2. The molecule has 0 saturated heterocycles. The third-order valence-corrected chi connectivity index (χ3v) is 3.58. The Hall–Kier alpha value is -2.16. The number of anilines is 1. The number of hydrogen-bond donors (Lipinski definition) is 1. The second kappa shape index (κ2) is 5.45. The number of rotatable bonds is 5. The molecular weight excluding hydrogens is 250 g/mol. The predicted octanol–water partition coefficient (Wildman–Crippen LogP) is 3.73. The van der Waals surface area contributed by atoms with E-state index in [2.05, 4.69) is 6.07 Å². The summed E-state index contributed by atoms with van der Waals surface area (Å²) in [6, 6.07) is 13.8. The molecule has 1 aliphatic carbocycles. The molecule has 2 aromatic rings. The fourth-order valence-corrected chi connectivity index (χ4v) is 2.20. The van der Waals surface area contributed by atoms with Crippen LogP contribution >= 0.6 is 0 Å². The molecule has 3 heteroatoms. The molecular formula is C17H19NO2. The van der Waals surface area contributed by atoms with Crippen molar-refractivity contribution in [2.24, 2.45) is 5.92 Å². The first-order chi connectivity index (χ1) is 9.78. The highest BCUT2D eigenvalue weighted by molar-refractivity contribution is 5.74. The van der Waals surface area contributed by atoms with Crippen molar-refractivity contribution in [3.63, 3.8) is 0 Å². The summed E-state index contributed by atoms with van der Waals surface area (Å²) in [5.41, 5.74) is 8.64. The Balaban J connectivity index is 1.96. The molecule has 20 heavy (non-hydrogen) atoms. The van der Waals surface area contributed by atoms with E-state index in [1.807, 2.05) is 36.4 Å². The van der Waals surface area contributed by atoms with Gasteiger partial charge in [0.25, 0.3) is 0 Å². The molecule has 0 atom stereocenters. The van der Waals surface area contributed by atoms with Gasteiger partial charge in [0.15, 0.2) is 11.5 Å². The van der Waals surface area contributed by atoms with Gasteiger partial charge in [0, 0.05) is 11.3 Å². The van der Waals surface area contributed by atoms with Crippen LogP contribution in [0.5, 0.6) is 11.5 Å². The lowest BCUT2D eigenvalue weighted by Gasteiger charge is -2.15. The molecule has 0 amide bonds. The third-order valence-electron chi connectivity index (χ3n) is 3.58. The zero-order valence-corrected chi connectivity index (χ0v) is 11.6. The standard InChI is InChI=1S/C17H19NO2/c1-19-16-4-2-3-15(13-7-9-14(18)10-8-13)17(16)20-11-12-5-6-12/h2-4,7-10,12H,5-6,11,18H2,1H3. The van der Waals surface area contributed by atoms with Gasteiger partial charge in [-0.15, -0.1) is 0 Å². The molecule has 1 aliphatic rings. The molecule has 0 bridgehead atoms. The second-order valence-corrected chi connectivity index (χ2v) is 5.21. The minimum atomic E-state index is 0.708. The predicted molar refractivity (Wildman–Crippen MR) is 81.1 cm³/mol. The van der Waals surface area contributed by atoms with Crippen molar-refractivity contribution in [1.29, 1.82) is 0 Å². The van der Waals surface area contributed by atoms with E-state index in [4.69, 9.17) is 15.2 Å². The van der Waals surface area contributed by atoms with Gasteiger partial charge in [0.2, 0.25) is 0 Å². The van der Waals surface area contributed by atoms with Crippen LogP contribution in [0.15, 0.2) is 42.5 Å². The number of ether oxygens (including phenoxy) is 2. The molecule has 0 aliphatic heterocycles. The highest BCUT2D eigenvalue weighted by Gasteiger charge is 2.23. The average Bonchev–Trinajstić information content (AvgIpc) is 3.30. The van der Waals surface area contributed by atoms with E-state index in [0.717, 1.165) is 34.9 Å². The van der Waals surface area contributed by atoms with Crippen LogP contribution in [0.25, 0.3) is 11.1 Å². The van der Waals surface area contributed by atoms with E-state index in [9.17, 15) is 0 Å². The van der Waals surface area contributed by atoms with Crippen LogP contribution in [-0.2, 0) is 0 Å². The van der Waals surface area contributed by atoms with E-state index in [1.165, 1.54) is 12.8 Å². The summed E-state index contributed by atoms with van der Waals surface area (Å²) in [7, 11) is 1.67. The fraction of sp³-hybridized carbons (Fsp3) is 0.294. The molecule has 1 saturated carbocycles. The van der Waals surface area contributed by atoms with Crippen LogP contribution in [0.1, 0.15) is 12.8 Å². The summed E-state index contributed by atoms with van der Waals surface area (Å²) in [6.07, 6.45) is 2.54. The topological polar surface area (TPSA) is 44.5 Å². The Labute approximate surface area is 119 Å². The van der Waals surface area contributed by atoms with Crippen LogP contribution in [0.4, 0.5) is 5.69 Å². The molecule has 0 heterocycles. The van der Waals surface area contributed by atoms with Crippen LogP contribution < -0.4 is 15.2 Å². The molecule has 0 spiro atoms. The summed E-state index contributed by atoms with van der Waals surface area (Å²) in [4.78, 5) is 0. The monoisotopic (exact) mass is 269 g/mol. The average molecular weight is 269 g/mol. The van der Waals surface area contributed by atoms with Crippen molar-refractivity contribution in [2.45, 2.75) is 12.8 Å². The maximum absolute atomic E-state index is 6.01. The van der Waals surface area contributed by atoms with Gasteiger partial charge in [0.05, 0.1) is 13.7 Å². The maximum Gasteiger partial charge on any atom is 0.168 e. The summed E-state index contributed by atoms with van der Waals surface area (Å²) in [5.74, 6) is 2.31. The van der Waals surface area contributed by atoms with Crippen LogP contribution in [0.2, 0.25) is 0 Å². The molecule has 2 aromatic carbocycles. The largest absolute Gasteiger partial charge is 0.493 e. The Morgan fingerprint density at radius 3 is 2.50 bits per heavy atom. The van der Waals surface area contributed by atoms with Crippen molar-refractivity contribution >= 4 is 5.69 Å². The van der Waals surface area contributed by atoms with E-state index in [1.54, 1.807) is 7.11 Å². The Morgan fingerprint density at radius 2 is 1.85 bits per heavy atom. The zero-order chi connectivity index (χ0) is 13.9. The molecule has 3 nitrogen and oxygen atoms in total. The highest BCUT2D eigenvalue weighted by Crippen LogP contribution is 2.40. The van der Waals surface area contributed by atoms with E-state index < -0.39 is 0 Å². The molecule has 1 fully saturated rings. The van der Waals surface area contributed by atoms with Crippen molar-refractivity contribution in [2.75, 3.05) is 19.5 Å². The summed E-state index contributed by atoms with van der Waals surface area (Å²) in [5, 5.41) is 0. The van der Waals surface area contributed by atoms with Gasteiger partial charge in [0.1, 0.15) is 0 Å². The number of methoxy groups -OCH3 is 1. The van der Waals surface area contributed by atoms with Crippen molar-refractivity contribution in [1.82, 2.24) is 0 Å². The lowest BCUT2D eigenvalue weighted by molar-refractivity contribution is 0.281. The van der Waals surface area contributed by atoms with E-state index in [-0.39, 0.29) is 0 Å². The SMILES string of the molecule is COc1cccc(-c2ccc(N)cc2)c1OCC1CC1. The zero-order valence-electron chi connectivity index (χ0n) is 11.6. The summed E-state index contributed by atoms with van der Waals surface area (Å²) >= 11 is 0. The number of nitrogen functional groups attached to an aromatic ring is 1. The van der Waals surface area contributed by atoms with E-state index in [0.29, 0.717) is 5.92 Å². The minimum Gasteiger partial charge on any atom is -0.493 e. The quantitative estimate of drug-likeness (QED) is 0.841. The van der Waals surface area contributed by atoms with Crippen molar-refractivity contribution in [3.8, 4) is 22.6 Å². The first-order valence-corrected chi connectivity index (χ1v) is 6.93. The normalized spacial score (nSPS) is 14.1. The van der Waals surface area contributed by atoms with E-state index >= 15 is 0 Å². The van der Waals surface area contributed by atoms with Gasteiger partial charge in [-0.1, -0.05) is 24.3 Å². The first-order valence-electron chi connectivity index (χ1n) is 6.93. The molecule has 0 radical (unpaired) electrons. The second-order valence-electron chi connectivity index (χ2n) is 5.21. The third kappa shape index (κ3) is 2.72. The van der Waals surface area contributed by atoms with Gasteiger partial charge >= 0.3 is 0 Å². The first kappa shape index (κ1) is 12.9. The van der Waals surface area contributed by atoms with Crippen molar-refractivity contribution < 1.29 is 9.47 Å². The van der Waals surface area contributed by atoms with Gasteiger partial charge in [-0.2, -0.15) is 0 Å². The maximum atomic E-state index is 6.01. The smallest absolute Gasteiger partial charge is 0.168 e. The Morgan fingerprint density at radius 1 is 1.10 bits per heavy atom. The lowest BCUT2D eigenvalue weighted by Crippen LogP contribution is -2.02. The molecule has 0 unspecified atom stereocenters. The van der Waals surface area contributed by atoms with Crippen LogP contribution in [-0.4, -0.2) is 13.7 Å². The van der Waals surface area contributed by atoms with Gasteiger partial charge < -0.3 is 15.2 Å². The van der Waals surface area contributed by atoms with Crippen molar-refractivity contribution in [3.05, 3.63) is 42.5 Å². The number of para-hydroxylation sites is 1. The summed E-state index contributed by atoms with van der Waals surface area (Å²) < 4.78 is 11.4.